The van der Waals surface area contributed by atoms with E-state index in [0.29, 0.717) is 57.7 Å². The summed E-state index contributed by atoms with van der Waals surface area (Å²) in [6.07, 6.45) is 72.5. The molecule has 0 radical (unpaired) electrons. The molecular weight excluding hydrogens is 1320 g/mol. The predicted octanol–water partition coefficient (Wildman–Crippen LogP) is 22.2. The lowest BCUT2D eigenvalue weighted by atomic mass is 9.99. The van der Waals surface area contributed by atoms with Crippen LogP contribution in [0.2, 0.25) is 0 Å². The first-order valence-electron chi connectivity index (χ1n) is 42.2. The standard InChI is InChI=1S/C13H24O2.C12H22O2.2C11H20O3.C10H18O2.C10H16O2.C10H14O2.C9H16O2/c1-11(10-13(14)15)6-4-2-3-5-7-12-8-9-12;13-12(14)8-6-4-2-1-3-5-7-11-9-10-11;12-11(13)7-9-14-8-3-1-2-4-10-5-6-10;12-11(13)9-14-8-4-2-1-3-5-10-6-7-10;3*11-10(12)6-4-2-1-3-5-9-7-8-9;10-9(11)5-3-1-2-4-8-6-7-8/h11-12H,2-10H2,1H3,(H,14,15);11H,1-10H2,(H,13,14);2*10H,1-9H2,(H,12,13);9H,1-8H2,(H,11,12);1,3,9H,2,4-8H2,(H,11,12);9H,2,4-8H2,(H,11,12);8H,1-7H2,(H,10,11)/b;;;;;3-1+;;. The van der Waals surface area contributed by atoms with E-state index >= 15 is 0 Å². The molecule has 8 fully saturated rings. The summed E-state index contributed by atoms with van der Waals surface area (Å²) in [5.41, 5.74) is 0. The van der Waals surface area contributed by atoms with E-state index in [1.807, 2.05) is 6.92 Å². The van der Waals surface area contributed by atoms with Crippen molar-refractivity contribution in [3.05, 3.63) is 12.2 Å². The Hall–Kier alpha value is -5.02. The zero-order valence-electron chi connectivity index (χ0n) is 65.3. The number of carboxylic acids is 8. The first-order chi connectivity index (χ1) is 50.2. The third kappa shape index (κ3) is 89.4. The van der Waals surface area contributed by atoms with Crippen molar-refractivity contribution in [2.45, 2.75) is 392 Å². The minimum atomic E-state index is -0.876. The zero-order valence-corrected chi connectivity index (χ0v) is 65.3. The minimum absolute atomic E-state index is 0.127. The number of carbonyl (C=O) groups is 8. The van der Waals surface area contributed by atoms with Gasteiger partial charge < -0.3 is 50.3 Å². The van der Waals surface area contributed by atoms with Crippen LogP contribution >= 0.6 is 0 Å². The van der Waals surface area contributed by atoms with E-state index in [4.69, 9.17) is 50.3 Å². The van der Waals surface area contributed by atoms with Crippen molar-refractivity contribution in [3.63, 3.8) is 0 Å². The second kappa shape index (κ2) is 68.5. The number of allylic oxidation sites excluding steroid dienone is 2. The Kier molecular flexibility index (Phi) is 63.9. The van der Waals surface area contributed by atoms with Gasteiger partial charge in [-0.15, -0.1) is 11.8 Å². The molecule has 0 aromatic carbocycles. The Bertz CT molecular complexity index is 2150. The van der Waals surface area contributed by atoms with Crippen LogP contribution in [0.25, 0.3) is 0 Å². The number of rotatable bonds is 59. The fourth-order valence-corrected chi connectivity index (χ4v) is 11.8. The Morgan fingerprint density at radius 1 is 0.308 bits per heavy atom. The van der Waals surface area contributed by atoms with Crippen LogP contribution in [-0.2, 0) is 47.8 Å². The highest BCUT2D eigenvalue weighted by Gasteiger charge is 2.24. The van der Waals surface area contributed by atoms with Gasteiger partial charge in [-0.3, -0.25) is 33.6 Å². The van der Waals surface area contributed by atoms with Crippen LogP contribution in [0.1, 0.15) is 392 Å². The first kappa shape index (κ1) is 97.0. The molecule has 0 spiro atoms. The second-order valence-electron chi connectivity index (χ2n) is 31.7. The van der Waals surface area contributed by atoms with Crippen LogP contribution in [0.3, 0.4) is 0 Å². The van der Waals surface area contributed by atoms with Crippen molar-refractivity contribution in [2.24, 2.45) is 53.3 Å². The lowest BCUT2D eigenvalue weighted by Crippen LogP contribution is -2.07. The van der Waals surface area contributed by atoms with Crippen LogP contribution in [0.4, 0.5) is 0 Å². The lowest BCUT2D eigenvalue weighted by molar-refractivity contribution is -0.142. The Labute approximate surface area is 629 Å². The fourth-order valence-electron chi connectivity index (χ4n) is 11.8. The molecule has 18 nitrogen and oxygen atoms in total. The monoisotopic (exact) mass is 1470 g/mol. The van der Waals surface area contributed by atoms with Gasteiger partial charge >= 0.3 is 47.8 Å². The highest BCUT2D eigenvalue weighted by molar-refractivity contribution is 5.69. The number of hydrogen-bond acceptors (Lipinski definition) is 10. The molecule has 0 saturated heterocycles. The molecule has 0 aromatic rings. The first-order valence-corrected chi connectivity index (χ1v) is 42.2. The summed E-state index contributed by atoms with van der Waals surface area (Å²) in [4.78, 5) is 81.4. The molecule has 18 heteroatoms. The summed E-state index contributed by atoms with van der Waals surface area (Å²) in [7, 11) is 0. The van der Waals surface area contributed by atoms with E-state index in [0.717, 1.165) is 137 Å². The van der Waals surface area contributed by atoms with Crippen molar-refractivity contribution >= 4 is 47.8 Å². The molecular formula is C86H150O18. The molecule has 8 saturated carbocycles. The van der Waals surface area contributed by atoms with E-state index in [2.05, 4.69) is 24.0 Å². The third-order valence-corrected chi connectivity index (χ3v) is 20.0. The maximum atomic E-state index is 10.4. The molecule has 8 aliphatic carbocycles. The van der Waals surface area contributed by atoms with E-state index in [-0.39, 0.29) is 19.4 Å². The van der Waals surface area contributed by atoms with E-state index < -0.39 is 47.8 Å². The minimum Gasteiger partial charge on any atom is -0.481 e. The van der Waals surface area contributed by atoms with Crippen LogP contribution in [0.5, 0.6) is 0 Å². The third-order valence-electron chi connectivity index (χ3n) is 20.0. The summed E-state index contributed by atoms with van der Waals surface area (Å²) in [6.45, 7) is 3.56. The molecule has 0 heterocycles. The lowest BCUT2D eigenvalue weighted by Gasteiger charge is -2.07. The number of ether oxygens (including phenoxy) is 2. The molecule has 104 heavy (non-hydrogen) atoms. The molecule has 602 valence electrons. The smallest absolute Gasteiger partial charge is 0.329 e. The quantitative estimate of drug-likeness (QED) is 0.0159. The van der Waals surface area contributed by atoms with Gasteiger partial charge in [-0.1, -0.05) is 263 Å². The second-order valence-corrected chi connectivity index (χ2v) is 31.7. The normalized spacial score (nSPS) is 16.2. The topological polar surface area (TPSA) is 317 Å². The summed E-state index contributed by atoms with van der Waals surface area (Å²) < 4.78 is 10.1. The van der Waals surface area contributed by atoms with Gasteiger partial charge in [0, 0.05) is 64.6 Å². The number of unbranched alkanes of at least 4 members (excludes halogenated alkanes) is 20. The van der Waals surface area contributed by atoms with Crippen LogP contribution in [0.15, 0.2) is 12.2 Å². The molecule has 8 N–H and O–H groups in total. The van der Waals surface area contributed by atoms with E-state index in [9.17, 15) is 38.4 Å². The maximum absolute atomic E-state index is 10.4. The van der Waals surface area contributed by atoms with Gasteiger partial charge in [0.05, 0.1) is 13.0 Å². The van der Waals surface area contributed by atoms with E-state index in [1.165, 1.54) is 250 Å². The summed E-state index contributed by atoms with van der Waals surface area (Å²) in [6, 6.07) is 0. The maximum Gasteiger partial charge on any atom is 0.329 e. The molecule has 0 aromatic heterocycles. The summed E-state index contributed by atoms with van der Waals surface area (Å²) >= 11 is 0. The number of aliphatic carboxylic acids is 8. The molecule has 1 unspecified atom stereocenters. The van der Waals surface area contributed by atoms with Gasteiger partial charge in [-0.05, 0) is 137 Å². The van der Waals surface area contributed by atoms with Crippen molar-refractivity contribution in [2.75, 3.05) is 26.4 Å². The molecule has 0 bridgehead atoms. The fraction of sp³-hybridized carbons (Fsp3) is 0.860. The van der Waals surface area contributed by atoms with Crippen LogP contribution < -0.4 is 0 Å². The predicted molar refractivity (Wildman–Crippen MR) is 414 cm³/mol. The van der Waals surface area contributed by atoms with Crippen molar-refractivity contribution in [3.8, 4) is 11.8 Å². The summed E-state index contributed by atoms with van der Waals surface area (Å²) in [5.74, 6) is 8.78. The molecule has 8 rings (SSSR count). The van der Waals surface area contributed by atoms with Gasteiger partial charge in [0.15, 0.2) is 0 Å². The SMILES string of the molecule is CC(CCCCCCC1CC1)CC(=O)O.O=C(O)CCC/C=C/CC1CC1.O=C(O)CCCC#CCC1CC1.O=C(O)CCCCCC1CC1.O=C(O)CCCCCCC1CC1.O=C(O)CCCCCCCCC1CC1.O=C(O)CCOCCCCCC1CC1.O=C(O)COCCCCCCC1CC1. The van der Waals surface area contributed by atoms with Gasteiger partial charge in [-0.25, -0.2) is 4.79 Å². The van der Waals surface area contributed by atoms with Gasteiger partial charge in [0.25, 0.3) is 0 Å². The number of hydrogen-bond donors (Lipinski definition) is 8. The Morgan fingerprint density at radius 2 is 0.625 bits per heavy atom. The number of carboxylic acid groups (broad SMARTS) is 8. The molecule has 0 amide bonds. The average molecular weight is 1470 g/mol. The zero-order chi connectivity index (χ0) is 76.3. The highest BCUT2D eigenvalue weighted by atomic mass is 16.5. The summed E-state index contributed by atoms with van der Waals surface area (Å²) in [5, 5.41) is 67.0. The van der Waals surface area contributed by atoms with Gasteiger partial charge in [0.1, 0.15) is 6.61 Å². The molecule has 0 aliphatic heterocycles. The average Bonchev–Trinajstić information content (AvgIpc) is 2.00. The van der Waals surface area contributed by atoms with Crippen LogP contribution in [-0.4, -0.2) is 115 Å². The van der Waals surface area contributed by atoms with Crippen LogP contribution in [0, 0.1) is 65.1 Å². The van der Waals surface area contributed by atoms with E-state index in [1.54, 1.807) is 0 Å². The van der Waals surface area contributed by atoms with Crippen molar-refractivity contribution in [1.29, 1.82) is 0 Å². The molecule has 1 atom stereocenters. The Balaban J connectivity index is 0.000000595. The van der Waals surface area contributed by atoms with Crippen molar-refractivity contribution < 1.29 is 88.7 Å². The largest absolute Gasteiger partial charge is 0.481 e. The van der Waals surface area contributed by atoms with Crippen molar-refractivity contribution in [1.82, 2.24) is 0 Å². The van der Waals surface area contributed by atoms with Gasteiger partial charge in [-0.2, -0.15) is 0 Å². The van der Waals surface area contributed by atoms with Gasteiger partial charge in [0.2, 0.25) is 0 Å². The Morgan fingerprint density at radius 3 is 0.990 bits per heavy atom. The highest BCUT2D eigenvalue weighted by Crippen LogP contribution is 2.38. The molecule has 8 aliphatic rings.